The van der Waals surface area contributed by atoms with E-state index in [1.807, 2.05) is 45.4 Å². The van der Waals surface area contributed by atoms with Crippen LogP contribution in [0.1, 0.15) is 85.1 Å². The van der Waals surface area contributed by atoms with Gasteiger partial charge in [-0.3, -0.25) is 4.79 Å². The van der Waals surface area contributed by atoms with Crippen LogP contribution in [-0.4, -0.2) is 33.4 Å². The van der Waals surface area contributed by atoms with E-state index in [0.717, 1.165) is 42.2 Å². The third kappa shape index (κ3) is 4.48. The summed E-state index contributed by atoms with van der Waals surface area (Å²) in [5.41, 5.74) is 6.70. The third-order valence-corrected chi connectivity index (χ3v) is 10.4. The van der Waals surface area contributed by atoms with E-state index in [4.69, 9.17) is 4.98 Å². The first-order chi connectivity index (χ1) is 17.7. The highest BCUT2D eigenvalue weighted by Crippen LogP contribution is 2.47. The Balaban J connectivity index is 1.16. The Morgan fingerprint density at radius 2 is 1.65 bits per heavy atom. The van der Waals surface area contributed by atoms with Crippen molar-refractivity contribution in [3.8, 4) is 16.9 Å². The lowest BCUT2D eigenvalue weighted by molar-refractivity contribution is 0.0718. The minimum absolute atomic E-state index is 0.150. The average Bonchev–Trinajstić information content (AvgIpc) is 3.67. The van der Waals surface area contributed by atoms with E-state index >= 15 is 0 Å². The van der Waals surface area contributed by atoms with E-state index in [-0.39, 0.29) is 16.7 Å². The van der Waals surface area contributed by atoms with Crippen molar-refractivity contribution >= 4 is 28.6 Å². The van der Waals surface area contributed by atoms with Crippen molar-refractivity contribution in [3.63, 3.8) is 0 Å². The van der Waals surface area contributed by atoms with Gasteiger partial charge in [0.05, 0.1) is 16.4 Å². The molecule has 0 radical (unpaired) electrons. The van der Waals surface area contributed by atoms with Gasteiger partial charge in [0.2, 0.25) is 0 Å². The highest BCUT2D eigenvalue weighted by molar-refractivity contribution is 7.12. The number of carbonyl (C=O) groups is 1. The van der Waals surface area contributed by atoms with Gasteiger partial charge in [-0.05, 0) is 77.3 Å². The van der Waals surface area contributed by atoms with Crippen LogP contribution in [0, 0.1) is 0 Å². The Hall–Kier alpha value is -2.70. The van der Waals surface area contributed by atoms with Gasteiger partial charge in [-0.2, -0.15) is 0 Å². The molecule has 192 valence electrons. The second-order valence-corrected chi connectivity index (χ2v) is 13.7. The van der Waals surface area contributed by atoms with Gasteiger partial charge in [-0.1, -0.05) is 39.8 Å². The number of thiophene rings is 1. The standard InChI is InChI=1S/C31H35N3OS2/c1-30(2)12-13-31(3,4)24-19-22(7-8-23(24)30)25-20-37-28(32-25)21-9-16-34(17-10-21)29(35)27-26(11-18-36-27)33-14-5-6-15-33/h5-8,11,14-15,18-21H,9-10,12-13,16-17H2,1-4H3. The van der Waals surface area contributed by atoms with E-state index in [2.05, 4.69) is 51.3 Å². The van der Waals surface area contributed by atoms with Gasteiger partial charge in [0.1, 0.15) is 4.88 Å². The van der Waals surface area contributed by atoms with Crippen molar-refractivity contribution in [1.82, 2.24) is 14.5 Å². The number of piperidine rings is 1. The molecule has 6 rings (SSSR count). The summed E-state index contributed by atoms with van der Waals surface area (Å²) in [4.78, 5) is 21.3. The summed E-state index contributed by atoms with van der Waals surface area (Å²) in [5.74, 6) is 0.569. The number of thiazole rings is 1. The van der Waals surface area contributed by atoms with Crippen molar-refractivity contribution in [2.24, 2.45) is 0 Å². The monoisotopic (exact) mass is 529 g/mol. The SMILES string of the molecule is CC1(C)CCC(C)(C)c2cc(-c3csc(C4CCN(C(=O)c5sccc5-n5cccc5)CC4)n3)ccc21. The van der Waals surface area contributed by atoms with E-state index in [1.165, 1.54) is 45.9 Å². The molecule has 0 atom stereocenters. The number of rotatable bonds is 4. The van der Waals surface area contributed by atoms with Gasteiger partial charge in [-0.15, -0.1) is 22.7 Å². The molecule has 6 heteroatoms. The van der Waals surface area contributed by atoms with Gasteiger partial charge in [0.25, 0.3) is 5.91 Å². The van der Waals surface area contributed by atoms with Gasteiger partial charge in [0, 0.05) is 42.3 Å². The van der Waals surface area contributed by atoms with Crippen LogP contribution in [0.2, 0.25) is 0 Å². The maximum absolute atomic E-state index is 13.3. The Bertz CT molecular complexity index is 1420. The molecule has 37 heavy (non-hydrogen) atoms. The maximum Gasteiger partial charge on any atom is 0.266 e. The fourth-order valence-corrected chi connectivity index (χ4v) is 7.85. The zero-order valence-corrected chi connectivity index (χ0v) is 23.8. The summed E-state index contributed by atoms with van der Waals surface area (Å²) in [5, 5.41) is 5.45. The summed E-state index contributed by atoms with van der Waals surface area (Å²) < 4.78 is 2.02. The van der Waals surface area contributed by atoms with Crippen molar-refractivity contribution in [2.75, 3.05) is 13.1 Å². The summed E-state index contributed by atoms with van der Waals surface area (Å²) in [7, 11) is 0. The molecule has 4 heterocycles. The summed E-state index contributed by atoms with van der Waals surface area (Å²) in [6, 6.07) is 13.0. The topological polar surface area (TPSA) is 38.1 Å². The molecule has 1 saturated heterocycles. The van der Waals surface area contributed by atoms with E-state index in [0.29, 0.717) is 5.92 Å². The predicted molar refractivity (Wildman–Crippen MR) is 154 cm³/mol. The molecule has 0 unspecified atom stereocenters. The summed E-state index contributed by atoms with van der Waals surface area (Å²) in [6.07, 6.45) is 8.37. The Morgan fingerprint density at radius 3 is 2.38 bits per heavy atom. The number of likely N-dealkylation sites (tertiary alicyclic amines) is 1. The van der Waals surface area contributed by atoms with Crippen LogP contribution in [0.25, 0.3) is 16.9 Å². The van der Waals surface area contributed by atoms with Crippen LogP contribution >= 0.6 is 22.7 Å². The first-order valence-electron chi connectivity index (χ1n) is 13.3. The Morgan fingerprint density at radius 1 is 0.946 bits per heavy atom. The van der Waals surface area contributed by atoms with Crippen LogP contribution in [0.4, 0.5) is 0 Å². The molecular weight excluding hydrogens is 494 g/mol. The normalized spacial score (nSPS) is 19.1. The number of hydrogen-bond acceptors (Lipinski definition) is 4. The van der Waals surface area contributed by atoms with Gasteiger partial charge in [0.15, 0.2) is 0 Å². The predicted octanol–water partition coefficient (Wildman–Crippen LogP) is 8.03. The molecule has 1 aliphatic heterocycles. The quantitative estimate of drug-likeness (QED) is 0.268. The molecule has 1 fully saturated rings. The minimum atomic E-state index is 0.150. The molecule has 0 N–H and O–H groups in total. The number of nitrogens with zero attached hydrogens (tertiary/aromatic N) is 3. The summed E-state index contributed by atoms with van der Waals surface area (Å²) in [6.45, 7) is 11.1. The lowest BCUT2D eigenvalue weighted by Gasteiger charge is -2.42. The third-order valence-electron chi connectivity index (χ3n) is 8.52. The van der Waals surface area contributed by atoms with Crippen molar-refractivity contribution in [3.05, 3.63) is 80.6 Å². The smallest absolute Gasteiger partial charge is 0.266 e. The first kappa shape index (κ1) is 24.6. The molecule has 3 aromatic heterocycles. The van der Waals surface area contributed by atoms with Gasteiger partial charge in [-0.25, -0.2) is 4.98 Å². The van der Waals surface area contributed by atoms with Crippen LogP contribution < -0.4 is 0 Å². The van der Waals surface area contributed by atoms with Crippen molar-refractivity contribution in [1.29, 1.82) is 0 Å². The Kier molecular flexibility index (Phi) is 6.15. The van der Waals surface area contributed by atoms with Crippen LogP contribution in [0.3, 0.4) is 0 Å². The molecular formula is C31H35N3OS2. The fourth-order valence-electron chi connectivity index (χ4n) is 5.99. The lowest BCUT2D eigenvalue weighted by Crippen LogP contribution is -2.37. The van der Waals surface area contributed by atoms with Crippen molar-refractivity contribution < 1.29 is 4.79 Å². The molecule has 1 aromatic carbocycles. The molecule has 0 spiro atoms. The number of fused-ring (bicyclic) bond motifs is 1. The number of benzene rings is 1. The second-order valence-electron chi connectivity index (χ2n) is 11.9. The molecule has 4 nitrogen and oxygen atoms in total. The second kappa shape index (κ2) is 9.25. The Labute approximate surface area is 228 Å². The highest BCUT2D eigenvalue weighted by atomic mass is 32.1. The molecule has 4 aromatic rings. The van der Waals surface area contributed by atoms with Gasteiger partial charge < -0.3 is 9.47 Å². The largest absolute Gasteiger partial charge is 0.338 e. The molecule has 0 saturated carbocycles. The molecule has 2 aliphatic rings. The number of hydrogen-bond donors (Lipinski definition) is 0. The molecule has 1 aliphatic carbocycles. The molecule has 0 bridgehead atoms. The summed E-state index contributed by atoms with van der Waals surface area (Å²) >= 11 is 3.31. The number of amides is 1. The van der Waals surface area contributed by atoms with E-state index in [1.54, 1.807) is 11.3 Å². The zero-order chi connectivity index (χ0) is 25.8. The highest BCUT2D eigenvalue weighted by Gasteiger charge is 2.37. The molecule has 1 amide bonds. The first-order valence-corrected chi connectivity index (χ1v) is 15.1. The lowest BCUT2D eigenvalue weighted by atomic mass is 9.63. The van der Waals surface area contributed by atoms with Crippen LogP contribution in [0.5, 0.6) is 0 Å². The fraction of sp³-hybridized carbons (Fsp3) is 0.419. The maximum atomic E-state index is 13.3. The van der Waals surface area contributed by atoms with E-state index < -0.39 is 0 Å². The average molecular weight is 530 g/mol. The van der Waals surface area contributed by atoms with Crippen LogP contribution in [0.15, 0.2) is 59.6 Å². The van der Waals surface area contributed by atoms with Crippen molar-refractivity contribution in [2.45, 2.75) is 70.1 Å². The van der Waals surface area contributed by atoms with Crippen LogP contribution in [-0.2, 0) is 10.8 Å². The number of carbonyl (C=O) groups excluding carboxylic acids is 1. The van der Waals surface area contributed by atoms with E-state index in [9.17, 15) is 4.79 Å². The minimum Gasteiger partial charge on any atom is -0.338 e. The zero-order valence-electron chi connectivity index (χ0n) is 22.2. The van der Waals surface area contributed by atoms with Gasteiger partial charge >= 0.3 is 0 Å². The number of aromatic nitrogens is 2.